The summed E-state index contributed by atoms with van der Waals surface area (Å²) in [5, 5.41) is 6.47. The molecule has 7 heteroatoms. The first kappa shape index (κ1) is 21.8. The van der Waals surface area contributed by atoms with Gasteiger partial charge < -0.3 is 10.6 Å². The van der Waals surface area contributed by atoms with Crippen LogP contribution in [0.1, 0.15) is 52.4 Å². The van der Waals surface area contributed by atoms with Crippen LogP contribution in [-0.4, -0.2) is 44.8 Å². The number of nitrogens with zero attached hydrogens (tertiary/aromatic N) is 1. The van der Waals surface area contributed by atoms with Crippen LogP contribution in [-0.2, 0) is 14.8 Å². The monoisotopic (exact) mass is 433 g/mol. The smallest absolute Gasteiger partial charge is 0.242 e. The molecule has 1 aromatic carbocycles. The summed E-state index contributed by atoms with van der Waals surface area (Å²) in [6.45, 7) is 4.15. The van der Waals surface area contributed by atoms with Crippen molar-refractivity contribution in [1.29, 1.82) is 0 Å². The number of carbonyl (C=O) groups is 1. The third kappa shape index (κ3) is 4.04. The van der Waals surface area contributed by atoms with Crippen molar-refractivity contribution in [3.05, 3.63) is 24.3 Å². The van der Waals surface area contributed by atoms with Crippen LogP contribution in [0.25, 0.3) is 0 Å². The molecule has 0 saturated heterocycles. The topological polar surface area (TPSA) is 78.5 Å². The van der Waals surface area contributed by atoms with Crippen LogP contribution in [0, 0.1) is 23.2 Å². The van der Waals surface area contributed by atoms with Gasteiger partial charge in [-0.25, -0.2) is 12.7 Å². The molecule has 0 aliphatic heterocycles. The van der Waals surface area contributed by atoms with Crippen LogP contribution in [0.3, 0.4) is 0 Å². The first-order valence-corrected chi connectivity index (χ1v) is 12.6. The van der Waals surface area contributed by atoms with Crippen LogP contribution < -0.4 is 10.6 Å². The molecule has 0 heterocycles. The van der Waals surface area contributed by atoms with E-state index >= 15 is 0 Å². The molecule has 6 nitrogen and oxygen atoms in total. The summed E-state index contributed by atoms with van der Waals surface area (Å²) in [7, 11) is -0.537. The summed E-state index contributed by atoms with van der Waals surface area (Å²) in [6.07, 6.45) is 8.13. The highest BCUT2D eigenvalue weighted by molar-refractivity contribution is 7.89. The van der Waals surface area contributed by atoms with Crippen LogP contribution in [0.4, 0.5) is 5.69 Å². The molecule has 1 aromatic rings. The third-order valence-electron chi connectivity index (χ3n) is 7.78. The molecule has 0 aromatic heterocycles. The van der Waals surface area contributed by atoms with E-state index in [2.05, 4.69) is 17.6 Å². The summed E-state index contributed by atoms with van der Waals surface area (Å²) < 4.78 is 25.9. The first-order valence-electron chi connectivity index (χ1n) is 11.2. The van der Waals surface area contributed by atoms with Crippen LogP contribution in [0.2, 0.25) is 0 Å². The Bertz CT molecular complexity index is 877. The Morgan fingerprint density at radius 3 is 2.17 bits per heavy atom. The van der Waals surface area contributed by atoms with Gasteiger partial charge in [-0.3, -0.25) is 4.79 Å². The molecule has 4 bridgehead atoms. The van der Waals surface area contributed by atoms with E-state index in [1.54, 1.807) is 18.2 Å². The van der Waals surface area contributed by atoms with E-state index in [1.165, 1.54) is 63.0 Å². The average Bonchev–Trinajstić information content (AvgIpc) is 2.66. The molecule has 4 aliphatic rings. The van der Waals surface area contributed by atoms with E-state index in [4.69, 9.17) is 0 Å². The van der Waals surface area contributed by atoms with Gasteiger partial charge in [-0.15, -0.1) is 0 Å². The van der Waals surface area contributed by atoms with E-state index in [1.807, 2.05) is 6.92 Å². The van der Waals surface area contributed by atoms with Crippen LogP contribution >= 0.6 is 0 Å². The maximum Gasteiger partial charge on any atom is 0.242 e. The normalized spacial score (nSPS) is 32.2. The quantitative estimate of drug-likeness (QED) is 0.690. The Labute approximate surface area is 180 Å². The zero-order valence-corrected chi connectivity index (χ0v) is 19.3. The van der Waals surface area contributed by atoms with Crippen molar-refractivity contribution in [3.8, 4) is 0 Å². The van der Waals surface area contributed by atoms with Gasteiger partial charge in [0.25, 0.3) is 0 Å². The van der Waals surface area contributed by atoms with E-state index in [0.717, 1.165) is 17.8 Å². The fraction of sp³-hybridized carbons (Fsp3) is 0.696. The van der Waals surface area contributed by atoms with E-state index in [-0.39, 0.29) is 16.8 Å². The lowest BCUT2D eigenvalue weighted by molar-refractivity contribution is -0.119. The van der Waals surface area contributed by atoms with Crippen LogP contribution in [0.5, 0.6) is 0 Å². The van der Waals surface area contributed by atoms with Crippen molar-refractivity contribution in [1.82, 2.24) is 9.62 Å². The SMILES string of the molecule is C[C@@H](N[C@H](C)C12CC3CC(CC(C3)C1)C2)C(=O)Nc1cccc(S(=O)(=O)N(C)C)c1. The molecule has 0 radical (unpaired) electrons. The zero-order valence-electron chi connectivity index (χ0n) is 18.5. The van der Waals surface area contributed by atoms with Gasteiger partial charge >= 0.3 is 0 Å². The molecule has 2 N–H and O–H groups in total. The summed E-state index contributed by atoms with van der Waals surface area (Å²) >= 11 is 0. The van der Waals surface area contributed by atoms with Crippen molar-refractivity contribution in [2.24, 2.45) is 23.2 Å². The highest BCUT2D eigenvalue weighted by Gasteiger charge is 2.53. The van der Waals surface area contributed by atoms with Crippen molar-refractivity contribution >= 4 is 21.6 Å². The molecular weight excluding hydrogens is 398 g/mol. The zero-order chi connectivity index (χ0) is 21.7. The molecule has 166 valence electrons. The van der Waals surface area contributed by atoms with Gasteiger partial charge in [-0.2, -0.15) is 0 Å². The number of benzene rings is 1. The second-order valence-corrected chi connectivity index (χ2v) is 12.3. The molecule has 5 rings (SSSR count). The first-order chi connectivity index (χ1) is 14.1. The van der Waals surface area contributed by atoms with E-state index in [0.29, 0.717) is 17.1 Å². The minimum atomic E-state index is -3.53. The summed E-state index contributed by atoms with van der Waals surface area (Å²) in [4.78, 5) is 13.0. The number of rotatable bonds is 7. The van der Waals surface area contributed by atoms with Gasteiger partial charge in [0.2, 0.25) is 15.9 Å². The molecule has 4 aliphatic carbocycles. The summed E-state index contributed by atoms with van der Waals surface area (Å²) in [5.74, 6) is 2.51. The van der Waals surface area contributed by atoms with E-state index < -0.39 is 10.0 Å². The minimum Gasteiger partial charge on any atom is -0.325 e. The van der Waals surface area contributed by atoms with E-state index in [9.17, 15) is 13.2 Å². The highest BCUT2D eigenvalue weighted by atomic mass is 32.2. The molecule has 1 amide bonds. The molecule has 0 unspecified atom stereocenters. The Morgan fingerprint density at radius 1 is 1.07 bits per heavy atom. The molecule has 4 saturated carbocycles. The predicted molar refractivity (Wildman–Crippen MR) is 119 cm³/mol. The number of carbonyl (C=O) groups excluding carboxylic acids is 1. The van der Waals surface area contributed by atoms with Crippen molar-refractivity contribution in [2.75, 3.05) is 19.4 Å². The second kappa shape index (κ2) is 7.92. The van der Waals surface area contributed by atoms with Crippen LogP contribution in [0.15, 0.2) is 29.2 Å². The Kier molecular flexibility index (Phi) is 5.75. The Hall–Kier alpha value is -1.44. The van der Waals surface area contributed by atoms with Gasteiger partial charge in [0.15, 0.2) is 0 Å². The number of hydrogen-bond donors (Lipinski definition) is 2. The molecule has 0 spiro atoms. The lowest BCUT2D eigenvalue weighted by atomic mass is 9.48. The lowest BCUT2D eigenvalue weighted by Crippen LogP contribution is -2.57. The number of anilines is 1. The van der Waals surface area contributed by atoms with Gasteiger partial charge in [0.1, 0.15) is 0 Å². The minimum absolute atomic E-state index is 0.133. The van der Waals surface area contributed by atoms with Crippen molar-refractivity contribution in [3.63, 3.8) is 0 Å². The standard InChI is InChI=1S/C23H35N3O3S/c1-15(22(27)25-20-6-5-7-21(11-20)30(28,29)26(3)4)24-16(2)23-12-17-8-18(13-23)10-19(9-17)14-23/h5-7,11,15-19,24H,8-10,12-14H2,1-4H3,(H,25,27)/t15-,16-,17?,18?,19?,23?/m1/s1. The average molecular weight is 434 g/mol. The lowest BCUT2D eigenvalue weighted by Gasteiger charge is -2.59. The van der Waals surface area contributed by atoms with Crippen molar-refractivity contribution in [2.45, 2.75) is 69.4 Å². The summed E-state index contributed by atoms with van der Waals surface area (Å²) in [5.41, 5.74) is 0.835. The number of sulfonamides is 1. The van der Waals surface area contributed by atoms with Gasteiger partial charge in [0.05, 0.1) is 10.9 Å². The fourth-order valence-electron chi connectivity index (χ4n) is 6.53. The Balaban J connectivity index is 1.40. The summed E-state index contributed by atoms with van der Waals surface area (Å²) in [6, 6.07) is 6.39. The molecule has 2 atom stereocenters. The third-order valence-corrected chi connectivity index (χ3v) is 9.59. The molecule has 30 heavy (non-hydrogen) atoms. The maximum atomic E-state index is 12.8. The largest absolute Gasteiger partial charge is 0.325 e. The number of hydrogen-bond acceptors (Lipinski definition) is 4. The second-order valence-electron chi connectivity index (χ2n) is 10.2. The van der Waals surface area contributed by atoms with Gasteiger partial charge in [-0.05, 0) is 93.7 Å². The maximum absolute atomic E-state index is 12.8. The Morgan fingerprint density at radius 2 is 1.63 bits per heavy atom. The number of nitrogens with one attached hydrogen (secondary N) is 2. The fourth-order valence-corrected chi connectivity index (χ4v) is 7.48. The van der Waals surface area contributed by atoms with Crippen molar-refractivity contribution < 1.29 is 13.2 Å². The number of amides is 1. The highest BCUT2D eigenvalue weighted by Crippen LogP contribution is 2.61. The predicted octanol–water partition coefficient (Wildman–Crippen LogP) is 3.46. The molecular formula is C23H35N3O3S. The van der Waals surface area contributed by atoms with Gasteiger partial charge in [-0.1, -0.05) is 6.07 Å². The molecule has 4 fully saturated rings. The van der Waals surface area contributed by atoms with Gasteiger partial charge in [0, 0.05) is 25.8 Å².